The van der Waals surface area contributed by atoms with Crippen LogP contribution in [-0.2, 0) is 19.4 Å². The average Bonchev–Trinajstić information content (AvgIpc) is 2.83. The van der Waals surface area contributed by atoms with Crippen molar-refractivity contribution in [1.82, 2.24) is 4.90 Å². The van der Waals surface area contributed by atoms with Crippen LogP contribution in [0.15, 0.2) is 52.3 Å². The van der Waals surface area contributed by atoms with Crippen molar-refractivity contribution in [1.29, 1.82) is 0 Å². The van der Waals surface area contributed by atoms with Crippen LogP contribution in [0.1, 0.15) is 13.3 Å². The molecule has 2 aromatic carbocycles. The van der Waals surface area contributed by atoms with Crippen LogP contribution in [0.4, 0.5) is 11.4 Å². The number of amides is 2. The van der Waals surface area contributed by atoms with Crippen LogP contribution in [0, 0.1) is 0 Å². The van der Waals surface area contributed by atoms with E-state index >= 15 is 0 Å². The summed E-state index contributed by atoms with van der Waals surface area (Å²) in [6.45, 7) is 4.16. The third-order valence-electron chi connectivity index (χ3n) is 5.88. The summed E-state index contributed by atoms with van der Waals surface area (Å²) in [5.74, 6) is 0.199. The first-order chi connectivity index (χ1) is 15.8. The van der Waals surface area contributed by atoms with Crippen molar-refractivity contribution in [2.45, 2.75) is 28.4 Å². The van der Waals surface area contributed by atoms with E-state index in [1.54, 1.807) is 31.1 Å². The Morgan fingerprint density at radius 3 is 2.61 bits per heavy atom. The number of thioether (sulfide) groups is 1. The fourth-order valence-corrected chi connectivity index (χ4v) is 6.15. The molecule has 0 aromatic heterocycles. The number of rotatable bonds is 6. The standard InChI is InChI=1S/C23H27N3O5S2/c1-16-23(28)24-18-15-17(7-8-21(18)32-16)33(29,30)14-9-22(27)26-12-10-25(11-13-26)19-5-3-4-6-20(19)31-2/h3-8,15-16H,9-14H2,1-2H3,(H,24,28)/t16-/m1/s1. The summed E-state index contributed by atoms with van der Waals surface area (Å²) >= 11 is 1.40. The van der Waals surface area contributed by atoms with Crippen molar-refractivity contribution in [3.8, 4) is 5.75 Å². The van der Waals surface area contributed by atoms with E-state index in [4.69, 9.17) is 4.74 Å². The highest BCUT2D eigenvalue weighted by molar-refractivity contribution is 8.01. The summed E-state index contributed by atoms with van der Waals surface area (Å²) in [5, 5.41) is 2.53. The van der Waals surface area contributed by atoms with Gasteiger partial charge in [0.25, 0.3) is 0 Å². The second-order valence-corrected chi connectivity index (χ2v) is 11.5. The van der Waals surface area contributed by atoms with E-state index in [1.807, 2.05) is 24.3 Å². The van der Waals surface area contributed by atoms with Gasteiger partial charge >= 0.3 is 0 Å². The van der Waals surface area contributed by atoms with Gasteiger partial charge in [0.05, 0.1) is 34.4 Å². The minimum absolute atomic E-state index is 0.0772. The SMILES string of the molecule is COc1ccccc1N1CCN(C(=O)CCS(=O)(=O)c2ccc3c(c2)NC(=O)[C@@H](C)S3)CC1. The number of carbonyl (C=O) groups excluding carboxylic acids is 2. The number of fused-ring (bicyclic) bond motifs is 1. The van der Waals surface area contributed by atoms with Gasteiger partial charge in [-0.1, -0.05) is 12.1 Å². The van der Waals surface area contributed by atoms with Crippen molar-refractivity contribution in [2.75, 3.05) is 49.3 Å². The van der Waals surface area contributed by atoms with Crippen LogP contribution >= 0.6 is 11.8 Å². The van der Waals surface area contributed by atoms with Crippen LogP contribution in [0.5, 0.6) is 5.75 Å². The maximum absolute atomic E-state index is 12.8. The number of benzene rings is 2. The summed E-state index contributed by atoms with van der Waals surface area (Å²) in [4.78, 5) is 29.5. The van der Waals surface area contributed by atoms with Crippen molar-refractivity contribution in [3.63, 3.8) is 0 Å². The summed E-state index contributed by atoms with van der Waals surface area (Å²) in [7, 11) is -2.02. The lowest BCUT2D eigenvalue weighted by Crippen LogP contribution is -2.49. The van der Waals surface area contributed by atoms with E-state index in [1.165, 1.54) is 17.8 Å². The maximum Gasteiger partial charge on any atom is 0.237 e. The molecule has 0 bridgehead atoms. The second-order valence-electron chi connectivity index (χ2n) is 8.02. The van der Waals surface area contributed by atoms with E-state index in [2.05, 4.69) is 10.2 Å². The number of anilines is 2. The molecule has 0 unspecified atom stereocenters. The number of methoxy groups -OCH3 is 1. The van der Waals surface area contributed by atoms with Gasteiger partial charge in [-0.25, -0.2) is 8.42 Å². The Kier molecular flexibility index (Phi) is 6.85. The third-order valence-corrected chi connectivity index (χ3v) is 8.78. The minimum atomic E-state index is -3.66. The highest BCUT2D eigenvalue weighted by atomic mass is 32.2. The van der Waals surface area contributed by atoms with Crippen molar-refractivity contribution < 1.29 is 22.7 Å². The largest absolute Gasteiger partial charge is 0.495 e. The molecule has 1 N–H and O–H groups in total. The summed E-state index contributed by atoms with van der Waals surface area (Å²) in [6, 6.07) is 12.5. The number of para-hydroxylation sites is 2. The monoisotopic (exact) mass is 489 g/mol. The number of nitrogens with zero attached hydrogens (tertiary/aromatic N) is 2. The Labute approximate surface area is 198 Å². The molecule has 1 fully saturated rings. The normalized spacial score (nSPS) is 18.5. The summed E-state index contributed by atoms with van der Waals surface area (Å²) in [5.41, 5.74) is 1.49. The highest BCUT2D eigenvalue weighted by Gasteiger charge is 2.27. The molecule has 8 nitrogen and oxygen atoms in total. The molecular formula is C23H27N3O5S2. The quantitative estimate of drug-likeness (QED) is 0.666. The van der Waals surface area contributed by atoms with Gasteiger partial charge in [-0.3, -0.25) is 9.59 Å². The number of piperazine rings is 1. The third kappa shape index (κ3) is 5.11. The Morgan fingerprint density at radius 2 is 1.88 bits per heavy atom. The molecule has 0 aliphatic carbocycles. The molecule has 10 heteroatoms. The smallest absolute Gasteiger partial charge is 0.237 e. The maximum atomic E-state index is 12.8. The van der Waals surface area contributed by atoms with Gasteiger partial charge in [-0.15, -0.1) is 11.8 Å². The predicted molar refractivity (Wildman–Crippen MR) is 129 cm³/mol. The molecule has 2 aliphatic rings. The number of sulfone groups is 1. The van der Waals surface area contributed by atoms with Crippen LogP contribution in [0.2, 0.25) is 0 Å². The Morgan fingerprint density at radius 1 is 1.15 bits per heavy atom. The molecule has 0 radical (unpaired) electrons. The van der Waals surface area contributed by atoms with Crippen molar-refractivity contribution >= 4 is 44.8 Å². The van der Waals surface area contributed by atoms with Gasteiger partial charge in [0.15, 0.2) is 9.84 Å². The number of ether oxygens (including phenoxy) is 1. The first-order valence-corrected chi connectivity index (χ1v) is 13.3. The summed E-state index contributed by atoms with van der Waals surface area (Å²) in [6.07, 6.45) is -0.0772. The molecule has 0 saturated carbocycles. The molecule has 2 aromatic rings. The Hall–Kier alpha value is -2.72. The molecule has 0 spiro atoms. The highest BCUT2D eigenvalue weighted by Crippen LogP contribution is 2.37. The fraction of sp³-hybridized carbons (Fsp3) is 0.391. The van der Waals surface area contributed by atoms with Crippen molar-refractivity contribution in [2.24, 2.45) is 0 Å². The number of nitrogens with one attached hydrogen (secondary N) is 1. The predicted octanol–water partition coefficient (Wildman–Crippen LogP) is 2.64. The zero-order chi connectivity index (χ0) is 23.6. The molecule has 33 heavy (non-hydrogen) atoms. The molecule has 1 saturated heterocycles. The van der Waals surface area contributed by atoms with E-state index in [0.717, 1.165) is 16.3 Å². The van der Waals surface area contributed by atoms with E-state index in [9.17, 15) is 18.0 Å². The molecular weight excluding hydrogens is 462 g/mol. The average molecular weight is 490 g/mol. The summed E-state index contributed by atoms with van der Waals surface area (Å²) < 4.78 is 31.1. The molecule has 1 atom stereocenters. The topological polar surface area (TPSA) is 96.0 Å². The van der Waals surface area contributed by atoms with E-state index < -0.39 is 9.84 Å². The van der Waals surface area contributed by atoms with Crippen LogP contribution < -0.4 is 15.0 Å². The Bertz CT molecular complexity index is 1160. The fourth-order valence-electron chi connectivity index (χ4n) is 3.97. The lowest BCUT2D eigenvalue weighted by Gasteiger charge is -2.36. The van der Waals surface area contributed by atoms with Crippen molar-refractivity contribution in [3.05, 3.63) is 42.5 Å². The van der Waals surface area contributed by atoms with Crippen LogP contribution in [0.25, 0.3) is 0 Å². The van der Waals surface area contributed by atoms with E-state index in [0.29, 0.717) is 31.9 Å². The zero-order valence-corrected chi connectivity index (χ0v) is 20.2. The van der Waals surface area contributed by atoms with Gasteiger partial charge < -0.3 is 19.9 Å². The van der Waals surface area contributed by atoms with Crippen LogP contribution in [0.3, 0.4) is 0 Å². The molecule has 176 valence electrons. The number of carbonyl (C=O) groups is 2. The minimum Gasteiger partial charge on any atom is -0.495 e. The van der Waals surface area contributed by atoms with Crippen LogP contribution in [-0.4, -0.2) is 69.4 Å². The number of hydrogen-bond acceptors (Lipinski definition) is 7. The second kappa shape index (κ2) is 9.64. The van der Waals surface area contributed by atoms with Gasteiger partial charge in [0.2, 0.25) is 11.8 Å². The first-order valence-electron chi connectivity index (χ1n) is 10.8. The zero-order valence-electron chi connectivity index (χ0n) is 18.6. The number of hydrogen-bond donors (Lipinski definition) is 1. The molecule has 2 heterocycles. The lowest BCUT2D eigenvalue weighted by molar-refractivity contribution is -0.131. The Balaban J connectivity index is 1.34. The van der Waals surface area contributed by atoms with Gasteiger partial charge in [-0.2, -0.15) is 0 Å². The first kappa shape index (κ1) is 23.4. The molecule has 2 amide bonds. The molecule has 4 rings (SSSR count). The van der Waals surface area contributed by atoms with Gasteiger partial charge in [-0.05, 0) is 37.3 Å². The van der Waals surface area contributed by atoms with Gasteiger partial charge in [0, 0.05) is 37.5 Å². The van der Waals surface area contributed by atoms with Gasteiger partial charge in [0.1, 0.15) is 5.75 Å². The lowest BCUT2D eigenvalue weighted by atomic mass is 10.2. The molecule has 2 aliphatic heterocycles. The van der Waals surface area contributed by atoms with E-state index in [-0.39, 0.29) is 34.1 Å².